The summed E-state index contributed by atoms with van der Waals surface area (Å²) in [7, 11) is 0. The second kappa shape index (κ2) is 6.81. The van der Waals surface area contributed by atoms with Gasteiger partial charge >= 0.3 is 5.97 Å². The largest absolute Gasteiger partial charge is 0.505 e. The van der Waals surface area contributed by atoms with E-state index in [1.165, 1.54) is 17.2 Å². The first-order valence-electron chi connectivity index (χ1n) is 7.66. The number of carboxylic acids is 1. The molecule has 0 aromatic carbocycles. The number of hydrogen-bond donors (Lipinski definition) is 2. The summed E-state index contributed by atoms with van der Waals surface area (Å²) in [6.07, 6.45) is 4.87. The van der Waals surface area contributed by atoms with Crippen molar-refractivity contribution in [3.63, 3.8) is 0 Å². The Balaban J connectivity index is 2.25. The Bertz CT molecular complexity index is 637. The van der Waals surface area contributed by atoms with Crippen molar-refractivity contribution in [2.24, 2.45) is 5.41 Å². The molecule has 1 fully saturated rings. The van der Waals surface area contributed by atoms with E-state index in [4.69, 9.17) is 0 Å². The number of aliphatic carboxylic acids is 1. The quantitative estimate of drug-likeness (QED) is 0.832. The minimum Gasteiger partial charge on any atom is -0.505 e. The summed E-state index contributed by atoms with van der Waals surface area (Å²) < 4.78 is 0. The summed E-state index contributed by atoms with van der Waals surface area (Å²) in [6.45, 7) is 4.44. The molecule has 1 aliphatic rings. The number of amides is 1. The van der Waals surface area contributed by atoms with Crippen molar-refractivity contribution in [2.75, 3.05) is 13.1 Å². The van der Waals surface area contributed by atoms with Crippen LogP contribution in [-0.4, -0.2) is 45.1 Å². The third kappa shape index (κ3) is 3.70. The van der Waals surface area contributed by atoms with Gasteiger partial charge in [0.2, 0.25) is 0 Å². The number of aromatic hydroxyl groups is 1. The molecule has 0 saturated carbocycles. The molecular weight excluding hydrogens is 296 g/mol. The normalized spacial score (nSPS) is 20.9. The van der Waals surface area contributed by atoms with E-state index in [9.17, 15) is 19.8 Å². The molecule has 0 radical (unpaired) electrons. The summed E-state index contributed by atoms with van der Waals surface area (Å²) in [4.78, 5) is 29.8. The van der Waals surface area contributed by atoms with Gasteiger partial charge in [-0.15, -0.1) is 0 Å². The molecule has 23 heavy (non-hydrogen) atoms. The molecular formula is C17H22N2O4. The number of hydrogen-bond acceptors (Lipinski definition) is 4. The zero-order chi connectivity index (χ0) is 17.0. The third-order valence-electron chi connectivity index (χ3n) is 4.21. The lowest BCUT2D eigenvalue weighted by atomic mass is 9.76. The molecule has 1 amide bonds. The molecule has 1 saturated heterocycles. The zero-order valence-corrected chi connectivity index (χ0v) is 13.5. The van der Waals surface area contributed by atoms with Gasteiger partial charge in [0.25, 0.3) is 5.91 Å². The van der Waals surface area contributed by atoms with Crippen LogP contribution in [-0.2, 0) is 4.79 Å². The predicted molar refractivity (Wildman–Crippen MR) is 85.2 cm³/mol. The molecule has 0 spiro atoms. The summed E-state index contributed by atoms with van der Waals surface area (Å²) in [5.74, 6) is -1.50. The Kier molecular flexibility index (Phi) is 5.03. The zero-order valence-electron chi connectivity index (χ0n) is 13.5. The highest BCUT2D eigenvalue weighted by Gasteiger charge is 2.43. The molecule has 0 unspecified atom stereocenters. The van der Waals surface area contributed by atoms with Crippen LogP contribution >= 0.6 is 0 Å². The Labute approximate surface area is 135 Å². The number of carbonyl (C=O) groups is 2. The van der Waals surface area contributed by atoms with E-state index in [-0.39, 0.29) is 18.0 Å². The third-order valence-corrected chi connectivity index (χ3v) is 4.21. The second-order valence-corrected chi connectivity index (χ2v) is 6.27. The Morgan fingerprint density at radius 2 is 2.17 bits per heavy atom. The molecule has 2 N–H and O–H groups in total. The maximum absolute atomic E-state index is 12.6. The van der Waals surface area contributed by atoms with Crippen LogP contribution in [0.3, 0.4) is 0 Å². The van der Waals surface area contributed by atoms with Crippen LogP contribution in [0.4, 0.5) is 0 Å². The monoisotopic (exact) mass is 318 g/mol. The minimum atomic E-state index is -0.977. The van der Waals surface area contributed by atoms with Gasteiger partial charge in [-0.3, -0.25) is 9.59 Å². The van der Waals surface area contributed by atoms with Crippen molar-refractivity contribution < 1.29 is 19.8 Å². The van der Waals surface area contributed by atoms with Gasteiger partial charge in [-0.05, 0) is 45.2 Å². The van der Waals surface area contributed by atoms with Crippen molar-refractivity contribution in [3.05, 3.63) is 35.7 Å². The van der Waals surface area contributed by atoms with E-state index in [0.29, 0.717) is 25.8 Å². The fraction of sp³-hybridized carbons (Fsp3) is 0.471. The molecule has 1 atom stereocenters. The predicted octanol–water partition coefficient (Wildman–Crippen LogP) is 2.45. The van der Waals surface area contributed by atoms with Gasteiger partial charge in [-0.1, -0.05) is 11.6 Å². The molecule has 0 aliphatic carbocycles. The summed E-state index contributed by atoms with van der Waals surface area (Å²) in [6, 6.07) is 2.94. The number of rotatable bonds is 4. The van der Waals surface area contributed by atoms with Crippen molar-refractivity contribution in [2.45, 2.75) is 33.1 Å². The number of pyridine rings is 1. The molecule has 2 rings (SSSR count). The fourth-order valence-corrected chi connectivity index (χ4v) is 2.84. The van der Waals surface area contributed by atoms with Crippen LogP contribution in [0.15, 0.2) is 30.0 Å². The van der Waals surface area contributed by atoms with Crippen molar-refractivity contribution in [3.8, 4) is 5.75 Å². The van der Waals surface area contributed by atoms with Gasteiger partial charge in [0, 0.05) is 19.3 Å². The molecule has 6 nitrogen and oxygen atoms in total. The Morgan fingerprint density at radius 3 is 2.78 bits per heavy atom. The van der Waals surface area contributed by atoms with Crippen molar-refractivity contribution >= 4 is 11.9 Å². The highest BCUT2D eigenvalue weighted by Crippen LogP contribution is 2.35. The number of aromatic nitrogens is 1. The standard InChI is InChI=1S/C17H22N2O4/c1-12(2)6-8-17(16(22)23)7-4-10-19(11-17)15(21)14-13(20)5-3-9-18-14/h3,5-6,9,20H,4,7-8,10-11H2,1-2H3,(H,22,23)/t17-/m0/s1. The van der Waals surface area contributed by atoms with E-state index in [1.807, 2.05) is 19.9 Å². The Morgan fingerprint density at radius 1 is 1.43 bits per heavy atom. The smallest absolute Gasteiger partial charge is 0.311 e. The Hall–Kier alpha value is -2.37. The van der Waals surface area contributed by atoms with Gasteiger partial charge in [-0.25, -0.2) is 4.98 Å². The van der Waals surface area contributed by atoms with Crippen molar-refractivity contribution in [1.29, 1.82) is 0 Å². The highest BCUT2D eigenvalue weighted by atomic mass is 16.4. The molecule has 2 heterocycles. The summed E-state index contributed by atoms with van der Waals surface area (Å²) in [5.41, 5.74) is 0.0441. The van der Waals surface area contributed by atoms with E-state index >= 15 is 0 Å². The first-order valence-corrected chi connectivity index (χ1v) is 7.66. The number of carbonyl (C=O) groups excluding carboxylic acids is 1. The minimum absolute atomic E-state index is 0.0316. The molecule has 6 heteroatoms. The lowest BCUT2D eigenvalue weighted by Gasteiger charge is -2.39. The lowest BCUT2D eigenvalue weighted by molar-refractivity contribution is -0.151. The van der Waals surface area contributed by atoms with E-state index in [2.05, 4.69) is 4.98 Å². The maximum Gasteiger partial charge on any atom is 0.311 e. The SMILES string of the molecule is CC(C)=CC[C@@]1(C(=O)O)CCCN(C(=O)c2ncccc2O)C1. The average molecular weight is 318 g/mol. The van der Waals surface area contributed by atoms with Crippen LogP contribution in [0.5, 0.6) is 5.75 Å². The molecule has 1 aromatic rings. The number of allylic oxidation sites excluding steroid dienone is 2. The lowest BCUT2D eigenvalue weighted by Crippen LogP contribution is -2.50. The number of carboxylic acid groups (broad SMARTS) is 1. The first-order chi connectivity index (χ1) is 10.9. The number of likely N-dealkylation sites (tertiary alicyclic amines) is 1. The summed E-state index contributed by atoms with van der Waals surface area (Å²) >= 11 is 0. The maximum atomic E-state index is 12.6. The van der Waals surface area contributed by atoms with Crippen LogP contribution in [0.1, 0.15) is 43.6 Å². The van der Waals surface area contributed by atoms with Crippen LogP contribution in [0.25, 0.3) is 0 Å². The van der Waals surface area contributed by atoms with Gasteiger partial charge in [-0.2, -0.15) is 0 Å². The molecule has 1 aliphatic heterocycles. The van der Waals surface area contributed by atoms with E-state index < -0.39 is 17.3 Å². The molecule has 124 valence electrons. The van der Waals surface area contributed by atoms with Gasteiger partial charge < -0.3 is 15.1 Å². The molecule has 0 bridgehead atoms. The van der Waals surface area contributed by atoms with Crippen LogP contribution < -0.4 is 0 Å². The number of piperidine rings is 1. The van der Waals surface area contributed by atoms with Crippen LogP contribution in [0, 0.1) is 5.41 Å². The number of nitrogens with zero attached hydrogens (tertiary/aromatic N) is 2. The van der Waals surface area contributed by atoms with Gasteiger partial charge in [0.1, 0.15) is 5.75 Å². The molecule has 1 aromatic heterocycles. The topological polar surface area (TPSA) is 90.7 Å². The van der Waals surface area contributed by atoms with E-state index in [0.717, 1.165) is 5.57 Å². The van der Waals surface area contributed by atoms with E-state index in [1.54, 1.807) is 6.07 Å². The van der Waals surface area contributed by atoms with Gasteiger partial charge in [0.15, 0.2) is 5.69 Å². The summed E-state index contributed by atoms with van der Waals surface area (Å²) in [5, 5.41) is 19.5. The van der Waals surface area contributed by atoms with Gasteiger partial charge in [0.05, 0.1) is 5.41 Å². The second-order valence-electron chi connectivity index (χ2n) is 6.27. The first kappa shape index (κ1) is 17.0. The van der Waals surface area contributed by atoms with Crippen LogP contribution in [0.2, 0.25) is 0 Å². The average Bonchev–Trinajstić information content (AvgIpc) is 2.53. The van der Waals surface area contributed by atoms with Crippen molar-refractivity contribution in [1.82, 2.24) is 9.88 Å². The fourth-order valence-electron chi connectivity index (χ4n) is 2.84. The highest BCUT2D eigenvalue weighted by molar-refractivity contribution is 5.95.